The second kappa shape index (κ2) is 9.11. The van der Waals surface area contributed by atoms with Crippen LogP contribution in [-0.4, -0.2) is 41.6 Å². The molecule has 1 saturated heterocycles. The molecule has 156 valence electrons. The van der Waals surface area contributed by atoms with Crippen LogP contribution in [0.15, 0.2) is 28.8 Å². The van der Waals surface area contributed by atoms with Crippen LogP contribution < -0.4 is 4.74 Å². The first-order valence-electron chi connectivity index (χ1n) is 9.93. The molecule has 0 bridgehead atoms. The zero-order chi connectivity index (χ0) is 21.0. The molecule has 0 unspecified atom stereocenters. The van der Waals surface area contributed by atoms with E-state index in [0.717, 1.165) is 36.5 Å². The number of ether oxygens (including phenoxy) is 2. The minimum Gasteiger partial charge on any atom is -0.489 e. The van der Waals surface area contributed by atoms with Gasteiger partial charge < -0.3 is 18.9 Å². The number of piperidine rings is 1. The van der Waals surface area contributed by atoms with Gasteiger partial charge in [-0.05, 0) is 56.4 Å². The van der Waals surface area contributed by atoms with Gasteiger partial charge in [-0.2, -0.15) is 0 Å². The molecule has 0 aliphatic carbocycles. The van der Waals surface area contributed by atoms with Crippen molar-refractivity contribution < 1.29 is 23.6 Å². The molecule has 0 N–H and O–H groups in total. The van der Waals surface area contributed by atoms with Crippen LogP contribution in [0.2, 0.25) is 0 Å². The molecule has 3 rings (SSSR count). The van der Waals surface area contributed by atoms with Gasteiger partial charge in [0.1, 0.15) is 18.1 Å². The second-order valence-electron chi connectivity index (χ2n) is 7.94. The van der Waals surface area contributed by atoms with Crippen molar-refractivity contribution in [3.63, 3.8) is 0 Å². The van der Waals surface area contributed by atoms with Crippen LogP contribution in [-0.2, 0) is 16.1 Å². The third-order valence-electron chi connectivity index (χ3n) is 5.20. The van der Waals surface area contributed by atoms with Gasteiger partial charge in [0.25, 0.3) is 5.91 Å². The summed E-state index contributed by atoms with van der Waals surface area (Å²) >= 11 is 0. The van der Waals surface area contributed by atoms with Crippen LogP contribution in [0.5, 0.6) is 5.75 Å². The van der Waals surface area contributed by atoms with E-state index in [2.05, 4.69) is 19.0 Å². The summed E-state index contributed by atoms with van der Waals surface area (Å²) in [7, 11) is 0. The zero-order valence-electron chi connectivity index (χ0n) is 17.4. The molecule has 0 radical (unpaired) electrons. The topological polar surface area (TPSA) is 81.9 Å². The number of aryl methyl sites for hydroxylation is 2. The van der Waals surface area contributed by atoms with Crippen molar-refractivity contribution in [2.75, 3.05) is 19.7 Å². The molecule has 1 aliphatic heterocycles. The summed E-state index contributed by atoms with van der Waals surface area (Å²) in [5, 5.41) is 3.90. The third-order valence-corrected chi connectivity index (χ3v) is 5.20. The number of hydrogen-bond acceptors (Lipinski definition) is 6. The Kier molecular flexibility index (Phi) is 6.56. The highest BCUT2D eigenvalue weighted by molar-refractivity contribution is 5.91. The molecule has 2 atom stereocenters. The highest BCUT2D eigenvalue weighted by Crippen LogP contribution is 2.21. The number of amides is 1. The van der Waals surface area contributed by atoms with E-state index in [9.17, 15) is 9.59 Å². The van der Waals surface area contributed by atoms with Gasteiger partial charge in [-0.3, -0.25) is 4.79 Å². The van der Waals surface area contributed by atoms with Crippen LogP contribution in [0.3, 0.4) is 0 Å². The molecule has 1 fully saturated rings. The first kappa shape index (κ1) is 20.9. The predicted octanol–water partition coefficient (Wildman–Crippen LogP) is 3.53. The van der Waals surface area contributed by atoms with Crippen molar-refractivity contribution in [2.24, 2.45) is 11.8 Å². The molecule has 7 nitrogen and oxygen atoms in total. The lowest BCUT2D eigenvalue weighted by Crippen LogP contribution is -2.44. The van der Waals surface area contributed by atoms with E-state index in [4.69, 9.17) is 14.0 Å². The number of carbonyl (C=O) groups is 2. The van der Waals surface area contributed by atoms with Crippen LogP contribution in [0.4, 0.5) is 0 Å². The Hall–Kier alpha value is -2.83. The lowest BCUT2D eigenvalue weighted by Gasteiger charge is -2.34. The predicted molar refractivity (Wildman–Crippen MR) is 107 cm³/mol. The Labute approximate surface area is 171 Å². The van der Waals surface area contributed by atoms with Gasteiger partial charge >= 0.3 is 5.97 Å². The number of aromatic nitrogens is 1. The van der Waals surface area contributed by atoms with E-state index >= 15 is 0 Å². The quantitative estimate of drug-likeness (QED) is 0.690. The first-order valence-corrected chi connectivity index (χ1v) is 9.93. The SMILES string of the molecule is Cc1noc(C)c1COc1ccc(C(=O)OCC(=O)N2C[C@H](C)C[C@H](C)C2)cc1. The first-order chi connectivity index (χ1) is 13.8. The van der Waals surface area contributed by atoms with Gasteiger partial charge in [-0.15, -0.1) is 0 Å². The number of likely N-dealkylation sites (tertiary alicyclic amines) is 1. The smallest absolute Gasteiger partial charge is 0.338 e. The minimum atomic E-state index is -0.520. The summed E-state index contributed by atoms with van der Waals surface area (Å²) in [6, 6.07) is 6.65. The third kappa shape index (κ3) is 5.37. The van der Waals surface area contributed by atoms with E-state index in [1.54, 1.807) is 29.2 Å². The van der Waals surface area contributed by atoms with Gasteiger partial charge in [-0.1, -0.05) is 19.0 Å². The summed E-state index contributed by atoms with van der Waals surface area (Å²) in [6.07, 6.45) is 1.12. The Bertz CT molecular complexity index is 829. The molecule has 0 spiro atoms. The maximum Gasteiger partial charge on any atom is 0.338 e. The van der Waals surface area contributed by atoms with E-state index in [1.807, 2.05) is 13.8 Å². The van der Waals surface area contributed by atoms with E-state index in [0.29, 0.717) is 29.8 Å². The summed E-state index contributed by atoms with van der Waals surface area (Å²) in [4.78, 5) is 26.4. The molecule has 1 aromatic heterocycles. The molecule has 1 aromatic carbocycles. The van der Waals surface area contributed by atoms with Gasteiger partial charge in [0.05, 0.1) is 16.8 Å². The van der Waals surface area contributed by atoms with Gasteiger partial charge in [0, 0.05) is 13.1 Å². The molecule has 29 heavy (non-hydrogen) atoms. The van der Waals surface area contributed by atoms with Gasteiger partial charge in [0.15, 0.2) is 6.61 Å². The summed E-state index contributed by atoms with van der Waals surface area (Å²) in [5.74, 6) is 1.62. The summed E-state index contributed by atoms with van der Waals surface area (Å²) < 4.78 is 16.1. The standard InChI is InChI=1S/C22H28N2O5/c1-14-9-15(2)11-24(10-14)21(25)13-28-22(26)18-5-7-19(8-6-18)27-12-20-16(3)23-29-17(20)4/h5-8,14-15H,9-13H2,1-4H3/t14-,15+. The van der Waals surface area contributed by atoms with E-state index < -0.39 is 5.97 Å². The molecule has 2 aromatic rings. The van der Waals surface area contributed by atoms with E-state index in [1.165, 1.54) is 0 Å². The molecular formula is C22H28N2O5. The van der Waals surface area contributed by atoms with Crippen molar-refractivity contribution in [2.45, 2.75) is 40.7 Å². The molecule has 1 aliphatic rings. The molecule has 1 amide bonds. The maximum absolute atomic E-state index is 12.3. The second-order valence-corrected chi connectivity index (χ2v) is 7.94. The summed E-state index contributed by atoms with van der Waals surface area (Å²) in [6.45, 7) is 9.52. The van der Waals surface area contributed by atoms with Crippen molar-refractivity contribution in [3.8, 4) is 5.75 Å². The monoisotopic (exact) mass is 400 g/mol. The Balaban J connectivity index is 1.49. The van der Waals surface area contributed by atoms with Crippen LogP contribution >= 0.6 is 0 Å². The number of esters is 1. The average Bonchev–Trinajstić information content (AvgIpc) is 3.01. The lowest BCUT2D eigenvalue weighted by atomic mass is 9.92. The number of rotatable bonds is 6. The number of nitrogens with zero attached hydrogens (tertiary/aromatic N) is 2. The number of hydrogen-bond donors (Lipinski definition) is 0. The van der Waals surface area contributed by atoms with Crippen molar-refractivity contribution in [1.82, 2.24) is 10.1 Å². The molecule has 2 heterocycles. The Morgan fingerprint density at radius 3 is 2.38 bits per heavy atom. The van der Waals surface area contributed by atoms with Crippen LogP contribution in [0.1, 0.15) is 47.6 Å². The zero-order valence-corrected chi connectivity index (χ0v) is 17.4. The fraction of sp³-hybridized carbons (Fsp3) is 0.500. The summed E-state index contributed by atoms with van der Waals surface area (Å²) in [5.41, 5.74) is 2.08. The van der Waals surface area contributed by atoms with Crippen molar-refractivity contribution in [1.29, 1.82) is 0 Å². The fourth-order valence-corrected chi connectivity index (χ4v) is 3.72. The molecule has 7 heteroatoms. The maximum atomic E-state index is 12.3. The highest BCUT2D eigenvalue weighted by Gasteiger charge is 2.26. The van der Waals surface area contributed by atoms with Crippen molar-refractivity contribution >= 4 is 11.9 Å². The van der Waals surface area contributed by atoms with Crippen molar-refractivity contribution in [3.05, 3.63) is 46.8 Å². The highest BCUT2D eigenvalue weighted by atomic mass is 16.5. The fourth-order valence-electron chi connectivity index (χ4n) is 3.72. The number of carbonyl (C=O) groups excluding carboxylic acids is 2. The van der Waals surface area contributed by atoms with Gasteiger partial charge in [-0.25, -0.2) is 4.79 Å². The Morgan fingerprint density at radius 1 is 1.14 bits per heavy atom. The molecule has 0 saturated carbocycles. The lowest BCUT2D eigenvalue weighted by molar-refractivity contribution is -0.137. The van der Waals surface area contributed by atoms with Crippen LogP contribution in [0, 0.1) is 25.7 Å². The normalized spacial score (nSPS) is 19.1. The largest absolute Gasteiger partial charge is 0.489 e. The minimum absolute atomic E-state index is 0.142. The Morgan fingerprint density at radius 2 is 1.79 bits per heavy atom. The van der Waals surface area contributed by atoms with Crippen LogP contribution in [0.25, 0.3) is 0 Å². The van der Waals surface area contributed by atoms with Gasteiger partial charge in [0.2, 0.25) is 0 Å². The van der Waals surface area contributed by atoms with E-state index in [-0.39, 0.29) is 12.5 Å². The number of benzene rings is 1. The average molecular weight is 400 g/mol. The molecular weight excluding hydrogens is 372 g/mol.